The summed E-state index contributed by atoms with van der Waals surface area (Å²) in [6.45, 7) is 4.87. The lowest BCUT2D eigenvalue weighted by Gasteiger charge is -2.09. The van der Waals surface area contributed by atoms with Gasteiger partial charge in [-0.15, -0.1) is 0 Å². The number of carbonyl (C=O) groups excluding carboxylic acids is 1. The molecule has 0 saturated carbocycles. The molecule has 1 rings (SSSR count). The van der Waals surface area contributed by atoms with Gasteiger partial charge in [0.25, 0.3) is 5.91 Å². The van der Waals surface area contributed by atoms with Crippen LogP contribution in [-0.2, 0) is 0 Å². The van der Waals surface area contributed by atoms with Crippen LogP contribution in [0.1, 0.15) is 61.4 Å². The van der Waals surface area contributed by atoms with Crippen LogP contribution in [0, 0.1) is 6.92 Å². The van der Waals surface area contributed by atoms with E-state index in [-0.39, 0.29) is 5.91 Å². The number of amides is 1. The number of carbonyl (C=O) groups is 1. The molecule has 0 atom stereocenters. The van der Waals surface area contributed by atoms with E-state index in [0.29, 0.717) is 11.3 Å². The predicted octanol–water partition coefficient (Wildman–Crippen LogP) is 3.67. The van der Waals surface area contributed by atoms with Gasteiger partial charge in [-0.05, 0) is 25.0 Å². The summed E-state index contributed by atoms with van der Waals surface area (Å²) < 4.78 is 0. The largest absolute Gasteiger partial charge is 0.398 e. The Labute approximate surface area is 116 Å². The van der Waals surface area contributed by atoms with Crippen LogP contribution in [-0.4, -0.2) is 12.5 Å². The van der Waals surface area contributed by atoms with Gasteiger partial charge in [-0.2, -0.15) is 0 Å². The lowest BCUT2D eigenvalue weighted by atomic mass is 10.1. The van der Waals surface area contributed by atoms with Gasteiger partial charge in [-0.1, -0.05) is 51.2 Å². The summed E-state index contributed by atoms with van der Waals surface area (Å²) in [5.41, 5.74) is 8.03. The molecule has 106 valence electrons. The SMILES string of the molecule is CCCCCCCCNC(=O)c1cccc(C)c1N. The van der Waals surface area contributed by atoms with Crippen molar-refractivity contribution in [1.29, 1.82) is 0 Å². The average molecular weight is 262 g/mol. The number of nitrogens with one attached hydrogen (secondary N) is 1. The molecule has 3 N–H and O–H groups in total. The highest BCUT2D eigenvalue weighted by atomic mass is 16.1. The summed E-state index contributed by atoms with van der Waals surface area (Å²) in [4.78, 5) is 12.0. The van der Waals surface area contributed by atoms with Crippen LogP contribution in [0.3, 0.4) is 0 Å². The van der Waals surface area contributed by atoms with Gasteiger partial charge in [-0.25, -0.2) is 0 Å². The Morgan fingerprint density at radius 3 is 2.58 bits per heavy atom. The van der Waals surface area contributed by atoms with Gasteiger partial charge in [0.2, 0.25) is 0 Å². The third-order valence-electron chi connectivity index (χ3n) is 3.38. The van der Waals surface area contributed by atoms with E-state index in [9.17, 15) is 4.79 Å². The number of aryl methyl sites for hydroxylation is 1. The van der Waals surface area contributed by atoms with Crippen LogP contribution in [0.25, 0.3) is 0 Å². The molecule has 1 amide bonds. The van der Waals surface area contributed by atoms with Gasteiger partial charge in [0, 0.05) is 12.2 Å². The van der Waals surface area contributed by atoms with E-state index in [2.05, 4.69) is 12.2 Å². The Bertz CT molecular complexity index is 402. The van der Waals surface area contributed by atoms with E-state index < -0.39 is 0 Å². The molecule has 0 fully saturated rings. The molecule has 0 saturated heterocycles. The second-order valence-corrected chi connectivity index (χ2v) is 5.06. The highest BCUT2D eigenvalue weighted by Crippen LogP contribution is 2.16. The first-order valence-corrected chi connectivity index (χ1v) is 7.30. The third-order valence-corrected chi connectivity index (χ3v) is 3.38. The van der Waals surface area contributed by atoms with Crippen molar-refractivity contribution < 1.29 is 4.79 Å². The molecule has 0 unspecified atom stereocenters. The fourth-order valence-electron chi connectivity index (χ4n) is 2.08. The van der Waals surface area contributed by atoms with E-state index >= 15 is 0 Å². The highest BCUT2D eigenvalue weighted by Gasteiger charge is 2.09. The summed E-state index contributed by atoms with van der Waals surface area (Å²) >= 11 is 0. The molecule has 1 aromatic rings. The third kappa shape index (κ3) is 5.33. The van der Waals surface area contributed by atoms with Gasteiger partial charge in [0.15, 0.2) is 0 Å². The first-order chi connectivity index (χ1) is 9.16. The molecule has 0 aliphatic carbocycles. The molecule has 1 aromatic carbocycles. The molecular formula is C16H26N2O. The number of nitrogen functional groups attached to an aromatic ring is 1. The molecular weight excluding hydrogens is 236 g/mol. The summed E-state index contributed by atoms with van der Waals surface area (Å²) in [6.07, 6.45) is 7.37. The van der Waals surface area contributed by atoms with Crippen LogP contribution in [0.4, 0.5) is 5.69 Å². The van der Waals surface area contributed by atoms with Crippen LogP contribution in [0.15, 0.2) is 18.2 Å². The molecule has 3 heteroatoms. The Kier molecular flexibility index (Phi) is 7.01. The van der Waals surface area contributed by atoms with Crippen LogP contribution >= 0.6 is 0 Å². The Balaban J connectivity index is 2.26. The molecule has 0 heterocycles. The zero-order valence-corrected chi connectivity index (χ0v) is 12.2. The first-order valence-electron chi connectivity index (χ1n) is 7.30. The highest BCUT2D eigenvalue weighted by molar-refractivity contribution is 5.99. The molecule has 0 spiro atoms. The maximum absolute atomic E-state index is 12.0. The topological polar surface area (TPSA) is 55.1 Å². The monoisotopic (exact) mass is 262 g/mol. The van der Waals surface area contributed by atoms with Crippen molar-refractivity contribution >= 4 is 11.6 Å². The molecule has 3 nitrogen and oxygen atoms in total. The maximum Gasteiger partial charge on any atom is 0.253 e. The molecule has 0 aliphatic rings. The number of nitrogens with two attached hydrogens (primary N) is 1. The van der Waals surface area contributed by atoms with Crippen LogP contribution in [0.2, 0.25) is 0 Å². The minimum absolute atomic E-state index is 0.0604. The fraction of sp³-hybridized carbons (Fsp3) is 0.562. The van der Waals surface area contributed by atoms with Gasteiger partial charge < -0.3 is 11.1 Å². The van der Waals surface area contributed by atoms with Crippen molar-refractivity contribution in [3.05, 3.63) is 29.3 Å². The summed E-state index contributed by atoms with van der Waals surface area (Å²) in [7, 11) is 0. The van der Waals surface area contributed by atoms with Gasteiger partial charge in [0.1, 0.15) is 0 Å². The van der Waals surface area contributed by atoms with Crippen molar-refractivity contribution in [3.63, 3.8) is 0 Å². The zero-order valence-electron chi connectivity index (χ0n) is 12.2. The van der Waals surface area contributed by atoms with E-state index in [1.165, 1.54) is 32.1 Å². The van der Waals surface area contributed by atoms with Crippen molar-refractivity contribution in [2.75, 3.05) is 12.3 Å². The molecule has 19 heavy (non-hydrogen) atoms. The standard InChI is InChI=1S/C16H26N2O/c1-3-4-5-6-7-8-12-18-16(19)14-11-9-10-13(2)15(14)17/h9-11H,3-8,12,17H2,1-2H3,(H,18,19). The van der Waals surface area contributed by atoms with Gasteiger partial charge in [0.05, 0.1) is 5.56 Å². The average Bonchev–Trinajstić information content (AvgIpc) is 2.40. The van der Waals surface area contributed by atoms with Crippen molar-refractivity contribution in [1.82, 2.24) is 5.32 Å². The molecule has 0 bridgehead atoms. The smallest absolute Gasteiger partial charge is 0.253 e. The summed E-state index contributed by atoms with van der Waals surface area (Å²) in [5.74, 6) is -0.0604. The molecule has 0 aromatic heterocycles. The zero-order chi connectivity index (χ0) is 14.1. The molecule has 0 aliphatic heterocycles. The molecule has 0 radical (unpaired) electrons. The van der Waals surface area contributed by atoms with Crippen molar-refractivity contribution in [3.8, 4) is 0 Å². The minimum Gasteiger partial charge on any atom is -0.398 e. The fourth-order valence-corrected chi connectivity index (χ4v) is 2.08. The normalized spacial score (nSPS) is 10.4. The number of para-hydroxylation sites is 1. The minimum atomic E-state index is -0.0604. The Morgan fingerprint density at radius 1 is 1.16 bits per heavy atom. The quantitative estimate of drug-likeness (QED) is 0.555. The van der Waals surface area contributed by atoms with Gasteiger partial charge in [-0.3, -0.25) is 4.79 Å². The second kappa shape index (κ2) is 8.57. The maximum atomic E-state index is 12.0. The van der Waals surface area contributed by atoms with Crippen molar-refractivity contribution in [2.24, 2.45) is 0 Å². The van der Waals surface area contributed by atoms with E-state index in [1.807, 2.05) is 19.1 Å². The Morgan fingerprint density at radius 2 is 1.84 bits per heavy atom. The van der Waals surface area contributed by atoms with Crippen LogP contribution in [0.5, 0.6) is 0 Å². The van der Waals surface area contributed by atoms with Crippen LogP contribution < -0.4 is 11.1 Å². The van der Waals surface area contributed by atoms with Crippen molar-refractivity contribution in [2.45, 2.75) is 52.4 Å². The van der Waals surface area contributed by atoms with E-state index in [1.54, 1.807) is 6.07 Å². The number of hydrogen-bond donors (Lipinski definition) is 2. The van der Waals surface area contributed by atoms with E-state index in [0.717, 1.165) is 18.5 Å². The number of rotatable bonds is 8. The number of unbranched alkanes of at least 4 members (excludes halogenated alkanes) is 5. The van der Waals surface area contributed by atoms with E-state index in [4.69, 9.17) is 5.73 Å². The lowest BCUT2D eigenvalue weighted by molar-refractivity contribution is 0.0953. The summed E-state index contributed by atoms with van der Waals surface area (Å²) in [5, 5.41) is 2.94. The Hall–Kier alpha value is -1.51. The first kappa shape index (κ1) is 15.5. The predicted molar refractivity (Wildman–Crippen MR) is 81.3 cm³/mol. The van der Waals surface area contributed by atoms with Gasteiger partial charge >= 0.3 is 0 Å². The second-order valence-electron chi connectivity index (χ2n) is 5.06. The number of hydrogen-bond acceptors (Lipinski definition) is 2. The number of benzene rings is 1. The lowest BCUT2D eigenvalue weighted by Crippen LogP contribution is -2.25. The summed E-state index contributed by atoms with van der Waals surface area (Å²) in [6, 6.07) is 5.56. The number of anilines is 1.